The molecule has 0 fully saturated rings. The van der Waals surface area contributed by atoms with E-state index in [0.29, 0.717) is 5.82 Å². The van der Waals surface area contributed by atoms with E-state index in [4.69, 9.17) is 5.11 Å². The van der Waals surface area contributed by atoms with Gasteiger partial charge in [-0.25, -0.2) is 4.98 Å². The second-order valence-electron chi connectivity index (χ2n) is 5.56. The summed E-state index contributed by atoms with van der Waals surface area (Å²) in [7, 11) is 0. The molecule has 0 amide bonds. The molecule has 0 unspecified atom stereocenters. The first kappa shape index (κ1) is 14.8. The summed E-state index contributed by atoms with van der Waals surface area (Å²) < 4.78 is 0.999. The molecule has 4 nitrogen and oxygen atoms in total. The number of benzene rings is 1. The van der Waals surface area contributed by atoms with Crippen molar-refractivity contribution in [3.63, 3.8) is 0 Å². The third-order valence-electron chi connectivity index (χ3n) is 3.30. The Labute approximate surface area is 126 Å². The van der Waals surface area contributed by atoms with Gasteiger partial charge in [0, 0.05) is 15.5 Å². The standard InChI is InChI=1S/C15H17BrN2O2/c1-9-4-5-10(16)6-11(9)12-8-17-14(18-12)15(2,3)7-13(19)20/h4-6,8H,7H2,1-3H3,(H,17,18)(H,19,20). The number of aliphatic carboxylic acids is 1. The van der Waals surface area contributed by atoms with Gasteiger partial charge in [-0.1, -0.05) is 35.8 Å². The SMILES string of the molecule is Cc1ccc(Br)cc1-c1cnc(C(C)(C)CC(=O)O)[nH]1. The molecule has 1 heterocycles. The molecule has 0 saturated heterocycles. The van der Waals surface area contributed by atoms with Crippen LogP contribution in [0.15, 0.2) is 28.9 Å². The Morgan fingerprint density at radius 2 is 2.15 bits per heavy atom. The molecule has 0 aliphatic carbocycles. The van der Waals surface area contributed by atoms with Crippen LogP contribution in [-0.2, 0) is 10.2 Å². The third-order valence-corrected chi connectivity index (χ3v) is 3.79. The largest absolute Gasteiger partial charge is 0.481 e. The van der Waals surface area contributed by atoms with Gasteiger partial charge in [-0.2, -0.15) is 0 Å². The van der Waals surface area contributed by atoms with E-state index in [-0.39, 0.29) is 6.42 Å². The Balaban J connectivity index is 2.38. The first-order chi connectivity index (χ1) is 9.29. The van der Waals surface area contributed by atoms with E-state index in [1.165, 1.54) is 0 Å². The molecule has 5 heteroatoms. The number of nitrogens with one attached hydrogen (secondary N) is 1. The van der Waals surface area contributed by atoms with Crippen molar-refractivity contribution in [2.24, 2.45) is 0 Å². The van der Waals surface area contributed by atoms with Crippen LogP contribution in [0, 0.1) is 6.92 Å². The summed E-state index contributed by atoms with van der Waals surface area (Å²) in [6, 6.07) is 6.05. The number of rotatable bonds is 4. The Morgan fingerprint density at radius 1 is 1.45 bits per heavy atom. The fourth-order valence-electron chi connectivity index (χ4n) is 2.15. The van der Waals surface area contributed by atoms with Gasteiger partial charge >= 0.3 is 5.97 Å². The van der Waals surface area contributed by atoms with Crippen molar-refractivity contribution in [1.82, 2.24) is 9.97 Å². The van der Waals surface area contributed by atoms with Gasteiger partial charge in [-0.05, 0) is 24.6 Å². The average Bonchev–Trinajstić information content (AvgIpc) is 2.80. The highest BCUT2D eigenvalue weighted by atomic mass is 79.9. The van der Waals surface area contributed by atoms with E-state index in [1.807, 2.05) is 39.0 Å². The van der Waals surface area contributed by atoms with Gasteiger partial charge in [0.15, 0.2) is 0 Å². The van der Waals surface area contributed by atoms with Gasteiger partial charge in [0.05, 0.1) is 18.3 Å². The first-order valence-electron chi connectivity index (χ1n) is 6.33. The van der Waals surface area contributed by atoms with Crippen LogP contribution in [0.5, 0.6) is 0 Å². The van der Waals surface area contributed by atoms with Crippen LogP contribution in [0.3, 0.4) is 0 Å². The molecule has 2 N–H and O–H groups in total. The first-order valence-corrected chi connectivity index (χ1v) is 7.13. The number of carboxylic acid groups (broad SMARTS) is 1. The second kappa shape index (κ2) is 5.40. The van der Waals surface area contributed by atoms with Crippen LogP contribution >= 0.6 is 15.9 Å². The maximum absolute atomic E-state index is 10.9. The lowest BCUT2D eigenvalue weighted by Crippen LogP contribution is -2.23. The van der Waals surface area contributed by atoms with Crippen molar-refractivity contribution in [1.29, 1.82) is 0 Å². The minimum Gasteiger partial charge on any atom is -0.481 e. The lowest BCUT2D eigenvalue weighted by atomic mass is 9.88. The summed E-state index contributed by atoms with van der Waals surface area (Å²) in [6.07, 6.45) is 1.80. The Morgan fingerprint density at radius 3 is 2.80 bits per heavy atom. The summed E-state index contributed by atoms with van der Waals surface area (Å²) in [5, 5.41) is 8.97. The zero-order valence-corrected chi connectivity index (χ0v) is 13.3. The van der Waals surface area contributed by atoms with Gasteiger partial charge in [-0.15, -0.1) is 0 Å². The molecule has 0 aliphatic rings. The van der Waals surface area contributed by atoms with Crippen molar-refractivity contribution in [3.8, 4) is 11.3 Å². The molecule has 0 aliphatic heterocycles. The fraction of sp³-hybridized carbons (Fsp3) is 0.333. The van der Waals surface area contributed by atoms with Crippen molar-refractivity contribution < 1.29 is 9.90 Å². The molecule has 0 bridgehead atoms. The predicted octanol–water partition coefficient (Wildman–Crippen LogP) is 3.90. The molecule has 0 radical (unpaired) electrons. The lowest BCUT2D eigenvalue weighted by molar-refractivity contribution is -0.138. The smallest absolute Gasteiger partial charge is 0.304 e. The third kappa shape index (κ3) is 3.10. The summed E-state index contributed by atoms with van der Waals surface area (Å²) in [5.74, 6) is -0.138. The zero-order chi connectivity index (χ0) is 14.9. The monoisotopic (exact) mass is 336 g/mol. The van der Waals surface area contributed by atoms with Crippen LogP contribution in [0.25, 0.3) is 11.3 Å². The minimum absolute atomic E-state index is 0.0391. The Kier molecular flexibility index (Phi) is 3.99. The van der Waals surface area contributed by atoms with Crippen molar-refractivity contribution in [2.45, 2.75) is 32.6 Å². The maximum atomic E-state index is 10.9. The van der Waals surface area contributed by atoms with E-state index < -0.39 is 11.4 Å². The number of aryl methyl sites for hydroxylation is 1. The van der Waals surface area contributed by atoms with E-state index >= 15 is 0 Å². The second-order valence-corrected chi connectivity index (χ2v) is 6.47. The highest BCUT2D eigenvalue weighted by Crippen LogP contribution is 2.29. The summed E-state index contributed by atoms with van der Waals surface area (Å²) >= 11 is 3.46. The average molecular weight is 337 g/mol. The fourth-order valence-corrected chi connectivity index (χ4v) is 2.51. The van der Waals surface area contributed by atoms with Gasteiger partial charge < -0.3 is 10.1 Å². The summed E-state index contributed by atoms with van der Waals surface area (Å²) in [4.78, 5) is 18.5. The number of hydrogen-bond acceptors (Lipinski definition) is 2. The zero-order valence-electron chi connectivity index (χ0n) is 11.7. The number of hydrogen-bond donors (Lipinski definition) is 2. The van der Waals surface area contributed by atoms with Crippen LogP contribution in [0.2, 0.25) is 0 Å². The highest BCUT2D eigenvalue weighted by molar-refractivity contribution is 9.10. The molecule has 2 aromatic rings. The van der Waals surface area contributed by atoms with E-state index in [0.717, 1.165) is 21.3 Å². The highest BCUT2D eigenvalue weighted by Gasteiger charge is 2.27. The minimum atomic E-state index is -0.827. The number of imidazole rings is 1. The summed E-state index contributed by atoms with van der Waals surface area (Å²) in [6.45, 7) is 5.78. The van der Waals surface area contributed by atoms with Crippen LogP contribution in [0.1, 0.15) is 31.7 Å². The molecule has 1 aromatic heterocycles. The van der Waals surface area contributed by atoms with Gasteiger partial charge in [-0.3, -0.25) is 4.79 Å². The number of nitrogens with zero attached hydrogens (tertiary/aromatic N) is 1. The molecule has 20 heavy (non-hydrogen) atoms. The van der Waals surface area contributed by atoms with Gasteiger partial charge in [0.25, 0.3) is 0 Å². The number of halogens is 1. The lowest BCUT2D eigenvalue weighted by Gasteiger charge is -2.19. The van der Waals surface area contributed by atoms with E-state index in [9.17, 15) is 4.79 Å². The molecule has 0 spiro atoms. The van der Waals surface area contributed by atoms with E-state index in [1.54, 1.807) is 6.20 Å². The number of aromatic nitrogens is 2. The predicted molar refractivity (Wildman–Crippen MR) is 81.7 cm³/mol. The Hall–Kier alpha value is -1.62. The van der Waals surface area contributed by atoms with E-state index in [2.05, 4.69) is 25.9 Å². The summed E-state index contributed by atoms with van der Waals surface area (Å²) in [5.41, 5.74) is 2.57. The molecule has 2 rings (SSSR count). The number of H-pyrrole nitrogens is 1. The van der Waals surface area contributed by atoms with Crippen molar-refractivity contribution >= 4 is 21.9 Å². The maximum Gasteiger partial charge on any atom is 0.304 e. The van der Waals surface area contributed by atoms with Gasteiger partial charge in [0.1, 0.15) is 5.82 Å². The molecular formula is C15H17BrN2O2. The number of aromatic amines is 1. The van der Waals surface area contributed by atoms with Gasteiger partial charge in [0.2, 0.25) is 0 Å². The van der Waals surface area contributed by atoms with Crippen molar-refractivity contribution in [3.05, 3.63) is 40.3 Å². The van der Waals surface area contributed by atoms with Crippen LogP contribution in [-0.4, -0.2) is 21.0 Å². The molecular weight excluding hydrogens is 320 g/mol. The molecule has 1 aromatic carbocycles. The van der Waals surface area contributed by atoms with Crippen LogP contribution in [0.4, 0.5) is 0 Å². The quantitative estimate of drug-likeness (QED) is 0.889. The normalized spacial score (nSPS) is 11.6. The molecule has 106 valence electrons. The Bertz CT molecular complexity index is 647. The number of carbonyl (C=O) groups is 1. The van der Waals surface area contributed by atoms with Crippen LogP contribution < -0.4 is 0 Å². The molecule has 0 saturated carbocycles. The number of carboxylic acids is 1. The molecule has 0 atom stereocenters. The van der Waals surface area contributed by atoms with Crippen molar-refractivity contribution in [2.75, 3.05) is 0 Å². The topological polar surface area (TPSA) is 66.0 Å².